The van der Waals surface area contributed by atoms with Crippen molar-refractivity contribution in [3.05, 3.63) is 0 Å². The summed E-state index contributed by atoms with van der Waals surface area (Å²) in [5, 5.41) is 0. The number of rotatable bonds is 4. The molecule has 7 heavy (non-hydrogen) atoms. The van der Waals surface area contributed by atoms with Crippen molar-refractivity contribution in [1.29, 1.82) is 0 Å². The van der Waals surface area contributed by atoms with Crippen LogP contribution in [0.25, 0.3) is 0 Å². The standard InChI is InChI=1S/C4H10BClO/c1-2-5-7-4-3-6/h5H,2-4H2,1H3. The lowest BCUT2D eigenvalue weighted by Gasteiger charge is -1.92. The van der Waals surface area contributed by atoms with Gasteiger partial charge in [-0.2, -0.15) is 0 Å². The molecule has 0 amide bonds. The van der Waals surface area contributed by atoms with Crippen LogP contribution in [0.2, 0.25) is 6.32 Å². The van der Waals surface area contributed by atoms with Crippen LogP contribution in [0.1, 0.15) is 6.92 Å². The number of alkyl halides is 1. The lowest BCUT2D eigenvalue weighted by Crippen LogP contribution is -1.98. The van der Waals surface area contributed by atoms with Gasteiger partial charge in [0.05, 0.1) is 0 Å². The number of hydrogen-bond donors (Lipinski definition) is 0. The van der Waals surface area contributed by atoms with E-state index in [0.717, 1.165) is 13.8 Å². The molecule has 42 valence electrons. The Morgan fingerprint density at radius 3 is 2.86 bits per heavy atom. The van der Waals surface area contributed by atoms with E-state index in [9.17, 15) is 0 Å². The third-order valence-electron chi connectivity index (χ3n) is 0.570. The van der Waals surface area contributed by atoms with E-state index in [1.54, 1.807) is 0 Å². The van der Waals surface area contributed by atoms with Gasteiger partial charge in [-0.25, -0.2) is 0 Å². The molecule has 3 heteroatoms. The third kappa shape index (κ3) is 6.31. The molecular weight excluding hydrogens is 110 g/mol. The van der Waals surface area contributed by atoms with Gasteiger partial charge in [0.1, 0.15) is 0 Å². The van der Waals surface area contributed by atoms with E-state index in [1.165, 1.54) is 0 Å². The fraction of sp³-hybridized carbons (Fsp3) is 1.00. The Morgan fingerprint density at radius 2 is 2.43 bits per heavy atom. The van der Waals surface area contributed by atoms with Gasteiger partial charge in [0.25, 0.3) is 7.48 Å². The van der Waals surface area contributed by atoms with Crippen LogP contribution in [0.4, 0.5) is 0 Å². The maximum absolute atomic E-state index is 5.31. The zero-order chi connectivity index (χ0) is 5.54. The molecule has 0 aliphatic carbocycles. The Balaban J connectivity index is 2.45. The van der Waals surface area contributed by atoms with E-state index in [1.807, 2.05) is 0 Å². The van der Waals surface area contributed by atoms with Crippen molar-refractivity contribution in [3.63, 3.8) is 0 Å². The first kappa shape index (κ1) is 7.31. The van der Waals surface area contributed by atoms with Gasteiger partial charge in [-0.05, 0) is 0 Å². The highest BCUT2D eigenvalue weighted by atomic mass is 35.5. The molecule has 0 aromatic carbocycles. The Hall–Kier alpha value is 0.315. The number of hydrogen-bond acceptors (Lipinski definition) is 1. The molecule has 0 N–H and O–H groups in total. The van der Waals surface area contributed by atoms with Crippen LogP contribution in [0.5, 0.6) is 0 Å². The summed E-state index contributed by atoms with van der Waals surface area (Å²) >= 11 is 5.31. The summed E-state index contributed by atoms with van der Waals surface area (Å²) < 4.78 is 5.00. The highest BCUT2D eigenvalue weighted by Crippen LogP contribution is 1.79. The molecule has 0 aliphatic rings. The summed E-state index contributed by atoms with van der Waals surface area (Å²) in [7, 11) is 0.840. The van der Waals surface area contributed by atoms with E-state index >= 15 is 0 Å². The highest BCUT2D eigenvalue weighted by molar-refractivity contribution is 6.27. The average Bonchev–Trinajstić information content (AvgIpc) is 1.69. The summed E-state index contributed by atoms with van der Waals surface area (Å²) in [5.41, 5.74) is 0. The Bertz CT molecular complexity index is 30.9. The first-order valence-corrected chi connectivity index (χ1v) is 3.09. The molecular formula is C4H10BClO. The smallest absolute Gasteiger partial charge is 0.274 e. The molecule has 0 bridgehead atoms. The third-order valence-corrected chi connectivity index (χ3v) is 0.724. The van der Waals surface area contributed by atoms with E-state index in [4.69, 9.17) is 16.3 Å². The zero-order valence-corrected chi connectivity index (χ0v) is 5.37. The van der Waals surface area contributed by atoms with Crippen LogP contribution in [0, 0.1) is 0 Å². The second kappa shape index (κ2) is 6.31. The molecule has 0 aliphatic heterocycles. The minimum atomic E-state index is 0.611. The molecule has 0 rings (SSSR count). The van der Waals surface area contributed by atoms with Gasteiger partial charge in [-0.1, -0.05) is 13.2 Å². The van der Waals surface area contributed by atoms with Crippen molar-refractivity contribution in [2.24, 2.45) is 0 Å². The summed E-state index contributed by atoms with van der Waals surface area (Å²) in [5.74, 6) is 0.611. The quantitative estimate of drug-likeness (QED) is 0.306. The molecule has 0 fully saturated rings. The van der Waals surface area contributed by atoms with Crippen molar-refractivity contribution < 1.29 is 4.65 Å². The highest BCUT2D eigenvalue weighted by Gasteiger charge is 1.82. The summed E-state index contributed by atoms with van der Waals surface area (Å²) in [6.07, 6.45) is 1.08. The zero-order valence-electron chi connectivity index (χ0n) is 4.61. The maximum Gasteiger partial charge on any atom is 0.274 e. The Labute approximate surface area is 50.3 Å². The van der Waals surface area contributed by atoms with Crippen molar-refractivity contribution in [3.8, 4) is 0 Å². The van der Waals surface area contributed by atoms with E-state index < -0.39 is 0 Å². The van der Waals surface area contributed by atoms with Gasteiger partial charge in [-0.3, -0.25) is 0 Å². The molecule has 0 aromatic heterocycles. The van der Waals surface area contributed by atoms with E-state index in [0.29, 0.717) is 12.5 Å². The van der Waals surface area contributed by atoms with Crippen LogP contribution >= 0.6 is 11.6 Å². The van der Waals surface area contributed by atoms with Gasteiger partial charge in [0.15, 0.2) is 0 Å². The lowest BCUT2D eigenvalue weighted by atomic mass is 9.98. The fourth-order valence-electron chi connectivity index (χ4n) is 0.301. The van der Waals surface area contributed by atoms with Crippen molar-refractivity contribution in [2.75, 3.05) is 12.5 Å². The first-order valence-electron chi connectivity index (χ1n) is 2.55. The lowest BCUT2D eigenvalue weighted by molar-refractivity contribution is 0.363. The molecule has 0 saturated carbocycles. The van der Waals surface area contributed by atoms with Crippen LogP contribution < -0.4 is 0 Å². The molecule has 0 spiro atoms. The molecule has 0 radical (unpaired) electrons. The maximum atomic E-state index is 5.31. The van der Waals surface area contributed by atoms with E-state index in [2.05, 4.69) is 6.92 Å². The first-order chi connectivity index (χ1) is 3.41. The van der Waals surface area contributed by atoms with E-state index in [-0.39, 0.29) is 0 Å². The SMILES string of the molecule is CCBOCCCl. The second-order valence-corrected chi connectivity index (χ2v) is 1.68. The van der Waals surface area contributed by atoms with Crippen LogP contribution in [-0.2, 0) is 4.65 Å². The molecule has 0 atom stereocenters. The number of halogens is 1. The molecule has 0 saturated heterocycles. The monoisotopic (exact) mass is 120 g/mol. The minimum absolute atomic E-state index is 0.611. The van der Waals surface area contributed by atoms with Gasteiger partial charge in [-0.15, -0.1) is 11.6 Å². The topological polar surface area (TPSA) is 9.23 Å². The normalized spacial score (nSPS) is 8.86. The Morgan fingerprint density at radius 1 is 1.71 bits per heavy atom. The van der Waals surface area contributed by atoms with Gasteiger partial charge < -0.3 is 4.65 Å². The van der Waals surface area contributed by atoms with Crippen molar-refractivity contribution in [1.82, 2.24) is 0 Å². The van der Waals surface area contributed by atoms with Crippen LogP contribution in [-0.4, -0.2) is 20.0 Å². The molecule has 0 aromatic rings. The van der Waals surface area contributed by atoms with Gasteiger partial charge >= 0.3 is 0 Å². The second-order valence-electron chi connectivity index (χ2n) is 1.30. The summed E-state index contributed by atoms with van der Waals surface area (Å²) in [6, 6.07) is 0. The predicted molar refractivity (Wildman–Crippen MR) is 34.3 cm³/mol. The van der Waals surface area contributed by atoms with Crippen molar-refractivity contribution >= 4 is 19.1 Å². The largest absolute Gasteiger partial charge is 0.438 e. The van der Waals surface area contributed by atoms with Gasteiger partial charge in [0, 0.05) is 12.5 Å². The predicted octanol–water partition coefficient (Wildman–Crippen LogP) is 1.03. The fourth-order valence-corrected chi connectivity index (χ4v) is 0.410. The summed E-state index contributed by atoms with van der Waals surface area (Å²) in [6.45, 7) is 2.77. The average molecular weight is 120 g/mol. The van der Waals surface area contributed by atoms with Gasteiger partial charge in [0.2, 0.25) is 0 Å². The van der Waals surface area contributed by atoms with Crippen molar-refractivity contribution in [2.45, 2.75) is 13.2 Å². The summed E-state index contributed by atoms with van der Waals surface area (Å²) in [4.78, 5) is 0. The van der Waals surface area contributed by atoms with Crippen LogP contribution in [0.3, 0.4) is 0 Å². The molecule has 0 heterocycles. The minimum Gasteiger partial charge on any atom is -0.438 e. The van der Waals surface area contributed by atoms with Crippen LogP contribution in [0.15, 0.2) is 0 Å². The Kier molecular flexibility index (Phi) is 6.60. The molecule has 1 nitrogen and oxygen atoms in total. The molecule has 0 unspecified atom stereocenters.